The van der Waals surface area contributed by atoms with Crippen molar-refractivity contribution in [1.82, 2.24) is 0 Å². The van der Waals surface area contributed by atoms with Gasteiger partial charge in [-0.2, -0.15) is 5.26 Å². The largest absolute Gasteiger partial charge is 0.488 e. The Morgan fingerprint density at radius 1 is 1.03 bits per heavy atom. The van der Waals surface area contributed by atoms with E-state index in [1.165, 1.54) is 0 Å². The average molecular weight is 441 g/mol. The summed E-state index contributed by atoms with van der Waals surface area (Å²) in [7, 11) is 0. The summed E-state index contributed by atoms with van der Waals surface area (Å²) in [5, 5.41) is 49.5. The number of rotatable bonds is 6. The number of ether oxygens (including phenoxy) is 3. The minimum atomic E-state index is -1.46. The fraction of sp³-hybridized carbons (Fsp3) is 0.458. The van der Waals surface area contributed by atoms with Gasteiger partial charge in [-0.05, 0) is 41.3 Å². The monoisotopic (exact) mass is 441 g/mol. The number of benzene rings is 2. The number of aliphatic hydroxyl groups is 4. The highest BCUT2D eigenvalue weighted by Gasteiger charge is 2.44. The molecular weight excluding hydrogens is 414 g/mol. The van der Waals surface area contributed by atoms with Gasteiger partial charge in [0.15, 0.2) is 0 Å². The first-order valence-electron chi connectivity index (χ1n) is 10.7. The Balaban J connectivity index is 1.53. The maximum atomic E-state index is 10.4. The van der Waals surface area contributed by atoms with Crippen LogP contribution in [0.25, 0.3) is 0 Å². The van der Waals surface area contributed by atoms with Gasteiger partial charge in [0.25, 0.3) is 0 Å². The summed E-state index contributed by atoms with van der Waals surface area (Å²) in [6, 6.07) is 14.9. The van der Waals surface area contributed by atoms with Crippen molar-refractivity contribution in [1.29, 1.82) is 5.26 Å². The van der Waals surface area contributed by atoms with Crippen LogP contribution in [0.2, 0.25) is 0 Å². The lowest BCUT2D eigenvalue weighted by Gasteiger charge is -2.40. The number of nitriles is 1. The molecule has 0 bridgehead atoms. The third-order valence-corrected chi connectivity index (χ3v) is 5.98. The minimum absolute atomic E-state index is 0.0706. The van der Waals surface area contributed by atoms with Crippen LogP contribution >= 0.6 is 0 Å². The van der Waals surface area contributed by atoms with E-state index in [0.29, 0.717) is 30.8 Å². The van der Waals surface area contributed by atoms with Crippen molar-refractivity contribution in [3.63, 3.8) is 0 Å². The maximum absolute atomic E-state index is 10.4. The third kappa shape index (κ3) is 4.79. The van der Waals surface area contributed by atoms with Gasteiger partial charge in [0.2, 0.25) is 0 Å². The molecule has 2 heterocycles. The predicted molar refractivity (Wildman–Crippen MR) is 113 cm³/mol. The van der Waals surface area contributed by atoms with Crippen molar-refractivity contribution >= 4 is 0 Å². The molecule has 32 heavy (non-hydrogen) atoms. The summed E-state index contributed by atoms with van der Waals surface area (Å²) < 4.78 is 16.9. The minimum Gasteiger partial charge on any atom is -0.488 e. The summed E-state index contributed by atoms with van der Waals surface area (Å²) in [5.41, 5.74) is 2.75. The molecule has 0 aromatic heterocycles. The smallest absolute Gasteiger partial charge is 0.124 e. The van der Waals surface area contributed by atoms with Crippen LogP contribution in [0.3, 0.4) is 0 Å². The normalized spacial score (nSPS) is 30.1. The molecule has 2 aromatic carbocycles. The van der Waals surface area contributed by atoms with Gasteiger partial charge in [-0.1, -0.05) is 24.3 Å². The second-order valence-corrected chi connectivity index (χ2v) is 8.20. The summed E-state index contributed by atoms with van der Waals surface area (Å²) in [6.45, 7) is 0.814. The Kier molecular flexibility index (Phi) is 7.06. The van der Waals surface area contributed by atoms with Crippen LogP contribution in [-0.4, -0.2) is 70.8 Å². The van der Waals surface area contributed by atoms with Gasteiger partial charge in [0.1, 0.15) is 42.4 Å². The van der Waals surface area contributed by atoms with E-state index >= 15 is 0 Å². The number of hydrogen-bond donors (Lipinski definition) is 4. The quantitative estimate of drug-likeness (QED) is 0.518. The molecule has 0 radical (unpaired) electrons. The molecule has 4 rings (SSSR count). The van der Waals surface area contributed by atoms with Crippen molar-refractivity contribution in [2.24, 2.45) is 0 Å². The van der Waals surface area contributed by atoms with Gasteiger partial charge in [-0.25, -0.2) is 0 Å². The molecule has 2 aromatic rings. The molecule has 2 fully saturated rings. The van der Waals surface area contributed by atoms with Crippen LogP contribution in [-0.2, 0) is 15.9 Å². The van der Waals surface area contributed by atoms with Crippen LogP contribution in [0, 0.1) is 11.3 Å². The zero-order chi connectivity index (χ0) is 22.7. The molecule has 4 N–H and O–H groups in total. The van der Waals surface area contributed by atoms with E-state index in [1.807, 2.05) is 24.3 Å². The molecule has 8 nitrogen and oxygen atoms in total. The Bertz CT molecular complexity index is 950. The Hall–Kier alpha value is -2.51. The molecule has 0 aliphatic carbocycles. The van der Waals surface area contributed by atoms with Gasteiger partial charge >= 0.3 is 0 Å². The summed E-state index contributed by atoms with van der Waals surface area (Å²) in [4.78, 5) is 0. The molecule has 0 amide bonds. The molecular formula is C24H27NO7. The van der Waals surface area contributed by atoms with E-state index in [-0.39, 0.29) is 6.10 Å². The average Bonchev–Trinajstić information content (AvgIpc) is 3.32. The molecule has 0 saturated carbocycles. The fourth-order valence-corrected chi connectivity index (χ4v) is 4.13. The highest BCUT2D eigenvalue weighted by molar-refractivity contribution is 5.44. The summed E-state index contributed by atoms with van der Waals surface area (Å²) in [5.74, 6) is 0.764. The highest BCUT2D eigenvalue weighted by atomic mass is 16.5. The van der Waals surface area contributed by atoms with Crippen molar-refractivity contribution in [3.8, 4) is 11.8 Å². The molecule has 1 unspecified atom stereocenters. The predicted octanol–water partition coefficient (Wildman–Crippen LogP) is 0.832. The van der Waals surface area contributed by atoms with Gasteiger partial charge < -0.3 is 34.6 Å². The Morgan fingerprint density at radius 3 is 2.47 bits per heavy atom. The first kappa shape index (κ1) is 22.7. The standard InChI is InChI=1S/C24H27NO7/c25-11-16-4-3-15(24-23(29)22(28)21(27)20(12-26)32-24)10-17(16)9-14-1-5-18(6-2-14)31-19-7-8-30-13-19/h1-6,10,19-24,26-29H,7-9,12-13H2/t19?,20-,21-,22+,23-,24+/m1/s1. The van der Waals surface area contributed by atoms with Gasteiger partial charge in [-0.3, -0.25) is 0 Å². The van der Waals surface area contributed by atoms with E-state index in [4.69, 9.17) is 14.2 Å². The Morgan fingerprint density at radius 2 is 1.81 bits per heavy atom. The molecule has 2 saturated heterocycles. The Labute approximate surface area is 186 Å². The first-order valence-corrected chi connectivity index (χ1v) is 10.7. The van der Waals surface area contributed by atoms with E-state index in [2.05, 4.69) is 6.07 Å². The van der Waals surface area contributed by atoms with Crippen molar-refractivity contribution < 1.29 is 34.6 Å². The zero-order valence-corrected chi connectivity index (χ0v) is 17.5. The molecule has 6 atom stereocenters. The SMILES string of the molecule is N#Cc1ccc([C@@H]2O[C@H](CO)[C@@H](O)[C@H](O)[C@H]2O)cc1Cc1ccc(OC2CCOC2)cc1. The second kappa shape index (κ2) is 9.96. The lowest BCUT2D eigenvalue weighted by molar-refractivity contribution is -0.231. The lowest BCUT2D eigenvalue weighted by atomic mass is 9.89. The van der Waals surface area contributed by atoms with E-state index < -0.39 is 37.1 Å². The second-order valence-electron chi connectivity index (χ2n) is 8.20. The number of hydrogen-bond acceptors (Lipinski definition) is 8. The highest BCUT2D eigenvalue weighted by Crippen LogP contribution is 2.33. The van der Waals surface area contributed by atoms with E-state index in [1.54, 1.807) is 18.2 Å². The summed E-state index contributed by atoms with van der Waals surface area (Å²) in [6.07, 6.45) is -4.76. The molecule has 8 heteroatoms. The topological polar surface area (TPSA) is 132 Å². The van der Waals surface area contributed by atoms with Crippen LogP contribution in [0.15, 0.2) is 42.5 Å². The van der Waals surface area contributed by atoms with E-state index in [0.717, 1.165) is 23.3 Å². The molecule has 2 aliphatic heterocycles. The third-order valence-electron chi connectivity index (χ3n) is 5.98. The van der Waals surface area contributed by atoms with Crippen LogP contribution in [0.4, 0.5) is 0 Å². The number of nitrogens with zero attached hydrogens (tertiary/aromatic N) is 1. The fourth-order valence-electron chi connectivity index (χ4n) is 4.13. The zero-order valence-electron chi connectivity index (χ0n) is 17.5. The lowest BCUT2D eigenvalue weighted by Crippen LogP contribution is -2.55. The van der Waals surface area contributed by atoms with Crippen molar-refractivity contribution in [2.45, 2.75) is 49.5 Å². The van der Waals surface area contributed by atoms with Gasteiger partial charge in [0, 0.05) is 6.42 Å². The van der Waals surface area contributed by atoms with Crippen LogP contribution < -0.4 is 4.74 Å². The number of aliphatic hydroxyl groups excluding tert-OH is 4. The maximum Gasteiger partial charge on any atom is 0.124 e. The van der Waals surface area contributed by atoms with Crippen LogP contribution in [0.1, 0.15) is 34.8 Å². The summed E-state index contributed by atoms with van der Waals surface area (Å²) >= 11 is 0. The first-order chi connectivity index (χ1) is 15.5. The van der Waals surface area contributed by atoms with Gasteiger partial charge in [0.05, 0.1) is 31.5 Å². The van der Waals surface area contributed by atoms with Crippen LogP contribution in [0.5, 0.6) is 5.75 Å². The van der Waals surface area contributed by atoms with E-state index in [9.17, 15) is 25.7 Å². The van der Waals surface area contributed by atoms with Gasteiger partial charge in [-0.15, -0.1) is 0 Å². The van der Waals surface area contributed by atoms with Crippen molar-refractivity contribution in [2.75, 3.05) is 19.8 Å². The molecule has 0 spiro atoms. The molecule has 170 valence electrons. The van der Waals surface area contributed by atoms with Crippen molar-refractivity contribution in [3.05, 3.63) is 64.7 Å². The molecule has 2 aliphatic rings.